The molecule has 2 rings (SSSR count). The molecule has 0 aliphatic carbocycles. The van der Waals surface area contributed by atoms with Crippen molar-refractivity contribution in [3.63, 3.8) is 0 Å². The number of benzene rings is 2. The molecule has 0 saturated carbocycles. The summed E-state index contributed by atoms with van der Waals surface area (Å²) >= 11 is 0. The molecular weight excluding hydrogens is 388 g/mol. The van der Waals surface area contributed by atoms with Crippen molar-refractivity contribution in [2.75, 3.05) is 25.6 Å². The first kappa shape index (κ1) is 22.6. The summed E-state index contributed by atoms with van der Waals surface area (Å²) in [6.45, 7) is 4.69. The molecule has 0 aliphatic heterocycles. The molecule has 0 unspecified atom stereocenters. The fourth-order valence-corrected chi connectivity index (χ4v) is 2.52. The topological polar surface area (TPSA) is 111 Å². The van der Waals surface area contributed by atoms with Gasteiger partial charge in [-0.25, -0.2) is 4.79 Å². The van der Waals surface area contributed by atoms with Crippen LogP contribution in [0.3, 0.4) is 0 Å². The number of ether oxygens (including phenoxy) is 2. The number of hydrogen-bond donors (Lipinski definition) is 2. The lowest BCUT2D eigenvalue weighted by molar-refractivity contribution is -0.146. The molecule has 0 bridgehead atoms. The first-order chi connectivity index (χ1) is 14.2. The number of aryl methyl sites for hydroxylation is 3. The number of methoxy groups -OCH3 is 1. The SMILES string of the molecule is COC(=O)c1ccc(C)c(NC(=O)COC(=O)CNC(=O)c2ccc(C)c(C)c2)c1. The van der Waals surface area contributed by atoms with Crippen molar-refractivity contribution in [3.8, 4) is 0 Å². The van der Waals surface area contributed by atoms with Gasteiger partial charge in [0.05, 0.1) is 12.7 Å². The monoisotopic (exact) mass is 412 g/mol. The minimum atomic E-state index is -0.748. The normalized spacial score (nSPS) is 10.1. The van der Waals surface area contributed by atoms with E-state index in [1.54, 1.807) is 31.2 Å². The van der Waals surface area contributed by atoms with E-state index in [0.29, 0.717) is 11.3 Å². The summed E-state index contributed by atoms with van der Waals surface area (Å²) in [6.07, 6.45) is 0. The van der Waals surface area contributed by atoms with Gasteiger partial charge in [0.1, 0.15) is 6.54 Å². The summed E-state index contributed by atoms with van der Waals surface area (Å²) in [6, 6.07) is 9.94. The number of anilines is 1. The molecule has 0 aromatic heterocycles. The fourth-order valence-electron chi connectivity index (χ4n) is 2.52. The molecule has 2 N–H and O–H groups in total. The zero-order valence-corrected chi connectivity index (χ0v) is 17.3. The highest BCUT2D eigenvalue weighted by Gasteiger charge is 2.13. The van der Waals surface area contributed by atoms with Crippen LogP contribution >= 0.6 is 0 Å². The highest BCUT2D eigenvalue weighted by molar-refractivity contribution is 5.97. The van der Waals surface area contributed by atoms with E-state index in [1.807, 2.05) is 19.9 Å². The minimum Gasteiger partial charge on any atom is -0.465 e. The fraction of sp³-hybridized carbons (Fsp3) is 0.273. The second kappa shape index (κ2) is 10.2. The molecule has 2 amide bonds. The Bertz CT molecular complexity index is 984. The van der Waals surface area contributed by atoms with Gasteiger partial charge in [0.15, 0.2) is 6.61 Å². The minimum absolute atomic E-state index is 0.282. The Kier molecular flexibility index (Phi) is 7.69. The van der Waals surface area contributed by atoms with Crippen LogP contribution in [0, 0.1) is 20.8 Å². The van der Waals surface area contributed by atoms with Gasteiger partial charge < -0.3 is 20.1 Å². The van der Waals surface area contributed by atoms with Gasteiger partial charge in [-0.1, -0.05) is 12.1 Å². The van der Waals surface area contributed by atoms with Crippen LogP contribution in [-0.2, 0) is 19.1 Å². The molecule has 8 heteroatoms. The lowest BCUT2D eigenvalue weighted by atomic mass is 10.1. The van der Waals surface area contributed by atoms with E-state index in [-0.39, 0.29) is 12.1 Å². The molecule has 0 atom stereocenters. The molecule has 30 heavy (non-hydrogen) atoms. The number of rotatable bonds is 7. The summed E-state index contributed by atoms with van der Waals surface area (Å²) in [4.78, 5) is 47.6. The lowest BCUT2D eigenvalue weighted by Gasteiger charge is -2.11. The molecule has 0 heterocycles. The Morgan fingerprint density at radius 3 is 2.20 bits per heavy atom. The maximum absolute atomic E-state index is 12.1. The van der Waals surface area contributed by atoms with Gasteiger partial charge in [-0.15, -0.1) is 0 Å². The third-order valence-corrected chi connectivity index (χ3v) is 4.46. The van der Waals surface area contributed by atoms with Gasteiger partial charge in [0, 0.05) is 11.3 Å². The molecule has 158 valence electrons. The Morgan fingerprint density at radius 2 is 1.53 bits per heavy atom. The molecule has 0 fully saturated rings. The van der Waals surface area contributed by atoms with Crippen molar-refractivity contribution in [1.82, 2.24) is 5.32 Å². The van der Waals surface area contributed by atoms with Crippen LogP contribution in [0.1, 0.15) is 37.4 Å². The summed E-state index contributed by atoms with van der Waals surface area (Å²) in [7, 11) is 1.26. The third-order valence-electron chi connectivity index (χ3n) is 4.46. The highest BCUT2D eigenvalue weighted by Crippen LogP contribution is 2.17. The largest absolute Gasteiger partial charge is 0.465 e. The Labute approximate surface area is 174 Å². The molecule has 2 aromatic carbocycles. The number of carbonyl (C=O) groups excluding carboxylic acids is 4. The van der Waals surface area contributed by atoms with Crippen molar-refractivity contribution in [2.24, 2.45) is 0 Å². The van der Waals surface area contributed by atoms with Crippen molar-refractivity contribution < 1.29 is 28.7 Å². The van der Waals surface area contributed by atoms with Crippen molar-refractivity contribution in [1.29, 1.82) is 0 Å². The molecular formula is C22H24N2O6. The highest BCUT2D eigenvalue weighted by atomic mass is 16.5. The van der Waals surface area contributed by atoms with Crippen LogP contribution in [0.25, 0.3) is 0 Å². The van der Waals surface area contributed by atoms with Gasteiger partial charge in [0.2, 0.25) is 0 Å². The van der Waals surface area contributed by atoms with Crippen LogP contribution in [0.4, 0.5) is 5.69 Å². The van der Waals surface area contributed by atoms with Gasteiger partial charge in [0.25, 0.3) is 11.8 Å². The van der Waals surface area contributed by atoms with E-state index in [2.05, 4.69) is 15.4 Å². The summed E-state index contributed by atoms with van der Waals surface area (Å²) in [5, 5.41) is 5.03. The zero-order chi connectivity index (χ0) is 22.3. The Morgan fingerprint density at radius 1 is 0.867 bits per heavy atom. The number of hydrogen-bond acceptors (Lipinski definition) is 6. The van der Waals surface area contributed by atoms with Crippen LogP contribution in [0.15, 0.2) is 36.4 Å². The predicted octanol–water partition coefficient (Wildman–Crippen LogP) is 2.31. The molecule has 8 nitrogen and oxygen atoms in total. The van der Waals surface area contributed by atoms with E-state index in [0.717, 1.165) is 16.7 Å². The molecule has 0 saturated heterocycles. The molecule has 0 spiro atoms. The maximum Gasteiger partial charge on any atom is 0.337 e. The summed E-state index contributed by atoms with van der Waals surface area (Å²) in [5.74, 6) is -2.26. The maximum atomic E-state index is 12.1. The average molecular weight is 412 g/mol. The summed E-state index contributed by atoms with van der Waals surface area (Å²) < 4.78 is 9.54. The smallest absolute Gasteiger partial charge is 0.337 e. The van der Waals surface area contributed by atoms with Gasteiger partial charge >= 0.3 is 11.9 Å². The van der Waals surface area contributed by atoms with Crippen LogP contribution in [0.5, 0.6) is 0 Å². The van der Waals surface area contributed by atoms with E-state index in [4.69, 9.17) is 4.74 Å². The van der Waals surface area contributed by atoms with E-state index in [9.17, 15) is 19.2 Å². The third kappa shape index (κ3) is 6.16. The number of nitrogens with one attached hydrogen (secondary N) is 2. The van der Waals surface area contributed by atoms with E-state index in [1.165, 1.54) is 13.2 Å². The van der Waals surface area contributed by atoms with Gasteiger partial charge in [-0.3, -0.25) is 14.4 Å². The predicted molar refractivity (Wildman–Crippen MR) is 110 cm³/mol. The van der Waals surface area contributed by atoms with Gasteiger partial charge in [-0.05, 0) is 61.7 Å². The standard InChI is InChI=1S/C22H24N2O6/c1-13-5-7-16(9-15(13)3)21(27)23-11-20(26)30-12-19(25)24-18-10-17(22(28)29-4)8-6-14(18)2/h5-10H,11-12H2,1-4H3,(H,23,27)(H,24,25). The first-order valence-electron chi connectivity index (χ1n) is 9.21. The number of esters is 2. The van der Waals surface area contributed by atoms with E-state index >= 15 is 0 Å². The number of amides is 2. The zero-order valence-electron chi connectivity index (χ0n) is 17.3. The molecule has 2 aromatic rings. The Hall–Kier alpha value is -3.68. The Balaban J connectivity index is 1.83. The van der Waals surface area contributed by atoms with Crippen molar-refractivity contribution in [2.45, 2.75) is 20.8 Å². The quantitative estimate of drug-likeness (QED) is 0.675. The first-order valence-corrected chi connectivity index (χ1v) is 9.21. The molecule has 0 radical (unpaired) electrons. The van der Waals surface area contributed by atoms with Gasteiger partial charge in [-0.2, -0.15) is 0 Å². The van der Waals surface area contributed by atoms with Crippen LogP contribution in [0.2, 0.25) is 0 Å². The second-order valence-electron chi connectivity index (χ2n) is 6.71. The summed E-state index contributed by atoms with van der Waals surface area (Å²) in [5.41, 5.74) is 3.87. The lowest BCUT2D eigenvalue weighted by Crippen LogP contribution is -2.32. The van der Waals surface area contributed by atoms with E-state index < -0.39 is 30.4 Å². The number of carbonyl (C=O) groups is 4. The van der Waals surface area contributed by atoms with Crippen molar-refractivity contribution in [3.05, 3.63) is 64.2 Å². The average Bonchev–Trinajstić information content (AvgIpc) is 2.73. The van der Waals surface area contributed by atoms with Crippen molar-refractivity contribution >= 4 is 29.4 Å². The van der Waals surface area contributed by atoms with Crippen LogP contribution < -0.4 is 10.6 Å². The second-order valence-corrected chi connectivity index (χ2v) is 6.71. The van der Waals surface area contributed by atoms with Crippen LogP contribution in [-0.4, -0.2) is 44.0 Å². The molecule has 0 aliphatic rings.